The fraction of sp³-hybridized carbons (Fsp3) is 0.615. The second kappa shape index (κ2) is 22.3. The highest BCUT2D eigenvalue weighted by atomic mass is 32.2. The summed E-state index contributed by atoms with van der Waals surface area (Å²) < 4.78 is 114. The Morgan fingerprint density at radius 1 is 0.603 bits per heavy atom. The average molecular weight is 1000 g/mol. The van der Waals surface area contributed by atoms with E-state index in [1.165, 1.54) is 11.8 Å². The van der Waals surface area contributed by atoms with E-state index in [0.717, 1.165) is 74.0 Å². The fourth-order valence-corrected chi connectivity index (χ4v) is 13.8. The molecule has 0 saturated heterocycles. The van der Waals surface area contributed by atoms with E-state index in [1.54, 1.807) is 0 Å². The number of rotatable bonds is 24. The van der Waals surface area contributed by atoms with Crippen molar-refractivity contribution in [1.29, 1.82) is 0 Å². The number of fused-ring (bicyclic) bond motifs is 5. The van der Waals surface area contributed by atoms with Crippen LogP contribution in [0.1, 0.15) is 95.2 Å². The lowest BCUT2D eigenvalue weighted by Gasteiger charge is -2.64. The Balaban J connectivity index is 1.14. The molecule has 376 valence electrons. The van der Waals surface area contributed by atoms with Gasteiger partial charge in [0, 0.05) is 17.9 Å². The zero-order valence-corrected chi connectivity index (χ0v) is 43.0. The number of ether oxygens (including phenoxy) is 4. The van der Waals surface area contributed by atoms with Crippen LogP contribution in [0.15, 0.2) is 91.0 Å². The third-order valence-corrected chi connectivity index (χ3v) is 17.4. The van der Waals surface area contributed by atoms with Crippen molar-refractivity contribution in [3.05, 3.63) is 120 Å². The maximum absolute atomic E-state index is 12.0. The molecule has 4 fully saturated rings. The zero-order chi connectivity index (χ0) is 48.8. The normalized spacial score (nSPS) is 28.7. The van der Waals surface area contributed by atoms with Gasteiger partial charge in [-0.25, -0.2) is 0 Å². The van der Waals surface area contributed by atoms with E-state index in [0.29, 0.717) is 25.9 Å². The van der Waals surface area contributed by atoms with Gasteiger partial charge >= 0.3 is 0 Å². The maximum atomic E-state index is 12.0. The lowest BCUT2D eigenvalue weighted by atomic mass is 9.43. The molecule has 3 aromatic rings. The fourth-order valence-electron chi connectivity index (χ4n) is 12.7. The molecule has 0 heterocycles. The molecule has 9 unspecified atom stereocenters. The van der Waals surface area contributed by atoms with Crippen LogP contribution < -0.4 is 0 Å². The SMILES string of the molecule is CC(CCCOC(c1ccccc1)(c1ccccc1)c1ccccc1)C1CCC2[C]3C(OCCOS(C)(=O)=O)C[C]4CC(OCCOS(C)(=O)=O)CCC4(C)C3CC(OCCOS(C)(=O)=O)C21C. The molecule has 7 rings (SSSR count). The molecule has 0 N–H and O–H groups in total. The third kappa shape index (κ3) is 12.5. The van der Waals surface area contributed by atoms with Gasteiger partial charge in [0.05, 0.1) is 76.7 Å². The summed E-state index contributed by atoms with van der Waals surface area (Å²) in [6.45, 7) is 7.73. The Morgan fingerprint density at radius 2 is 1.10 bits per heavy atom. The van der Waals surface area contributed by atoms with Crippen molar-refractivity contribution >= 4 is 30.4 Å². The largest absolute Gasteiger partial charge is 0.376 e. The van der Waals surface area contributed by atoms with Crippen LogP contribution >= 0.6 is 0 Å². The van der Waals surface area contributed by atoms with E-state index in [-0.39, 0.29) is 92.5 Å². The minimum Gasteiger partial charge on any atom is -0.376 e. The molecule has 13 nitrogen and oxygen atoms in total. The van der Waals surface area contributed by atoms with Crippen LogP contribution in [0.4, 0.5) is 0 Å². The van der Waals surface area contributed by atoms with Crippen LogP contribution in [-0.2, 0) is 67.5 Å². The molecule has 68 heavy (non-hydrogen) atoms. The number of benzene rings is 3. The Morgan fingerprint density at radius 3 is 1.62 bits per heavy atom. The Labute approximate surface area is 406 Å². The molecule has 2 radical (unpaired) electrons. The maximum Gasteiger partial charge on any atom is 0.264 e. The molecular formula is C52H72O13S3. The second-order valence-electron chi connectivity index (χ2n) is 19.9. The van der Waals surface area contributed by atoms with Crippen molar-refractivity contribution in [2.24, 2.45) is 34.5 Å². The summed E-state index contributed by atoms with van der Waals surface area (Å²) in [5, 5.41) is 0. The molecule has 0 spiro atoms. The van der Waals surface area contributed by atoms with Gasteiger partial charge in [0.1, 0.15) is 5.60 Å². The van der Waals surface area contributed by atoms with E-state index >= 15 is 0 Å². The van der Waals surface area contributed by atoms with Gasteiger partial charge < -0.3 is 18.9 Å². The smallest absolute Gasteiger partial charge is 0.264 e. The van der Waals surface area contributed by atoms with E-state index in [2.05, 4.69) is 93.6 Å². The molecule has 0 amide bonds. The van der Waals surface area contributed by atoms with Crippen LogP contribution in [0.25, 0.3) is 0 Å². The zero-order valence-electron chi connectivity index (χ0n) is 40.5. The van der Waals surface area contributed by atoms with Gasteiger partial charge in [0.15, 0.2) is 0 Å². The lowest BCUT2D eigenvalue weighted by Crippen LogP contribution is -2.62. The van der Waals surface area contributed by atoms with Gasteiger partial charge in [0.25, 0.3) is 30.4 Å². The van der Waals surface area contributed by atoms with Crippen molar-refractivity contribution in [1.82, 2.24) is 0 Å². The molecule has 0 aromatic heterocycles. The predicted molar refractivity (Wildman–Crippen MR) is 261 cm³/mol. The van der Waals surface area contributed by atoms with Crippen molar-refractivity contribution in [2.45, 2.75) is 102 Å². The highest BCUT2D eigenvalue weighted by molar-refractivity contribution is 7.86. The molecule has 4 aliphatic carbocycles. The highest BCUT2D eigenvalue weighted by Crippen LogP contribution is 2.70. The molecule has 4 aliphatic rings. The second-order valence-corrected chi connectivity index (χ2v) is 24.8. The van der Waals surface area contributed by atoms with Gasteiger partial charge in [-0.2, -0.15) is 25.3 Å². The van der Waals surface area contributed by atoms with E-state index in [1.807, 2.05) is 18.2 Å². The van der Waals surface area contributed by atoms with E-state index < -0.39 is 36.0 Å². The van der Waals surface area contributed by atoms with Crippen molar-refractivity contribution in [3.8, 4) is 0 Å². The minimum absolute atomic E-state index is 0.0562. The Kier molecular flexibility index (Phi) is 17.4. The number of hydrogen-bond donors (Lipinski definition) is 0. The van der Waals surface area contributed by atoms with Crippen molar-refractivity contribution in [3.63, 3.8) is 0 Å². The average Bonchev–Trinajstić information content (AvgIpc) is 3.66. The summed E-state index contributed by atoms with van der Waals surface area (Å²) in [6, 6.07) is 31.3. The first-order valence-corrected chi connectivity index (χ1v) is 29.6. The summed E-state index contributed by atoms with van der Waals surface area (Å²) in [4.78, 5) is 0. The van der Waals surface area contributed by atoms with Gasteiger partial charge in [-0.15, -0.1) is 0 Å². The quantitative estimate of drug-likeness (QED) is 0.0478. The first-order chi connectivity index (χ1) is 32.2. The van der Waals surface area contributed by atoms with Gasteiger partial charge in [-0.1, -0.05) is 112 Å². The minimum atomic E-state index is -3.67. The van der Waals surface area contributed by atoms with Crippen molar-refractivity contribution < 1.29 is 56.8 Å². The molecule has 16 heteroatoms. The Hall–Kier alpha value is -2.77. The van der Waals surface area contributed by atoms with Crippen molar-refractivity contribution in [2.75, 3.05) is 65.0 Å². The Bertz CT molecular complexity index is 2310. The van der Waals surface area contributed by atoms with Gasteiger partial charge in [-0.05, 0) is 109 Å². The third-order valence-electron chi connectivity index (χ3n) is 15.6. The summed E-state index contributed by atoms with van der Waals surface area (Å²) in [5.74, 6) is 3.41. The molecule has 0 aliphatic heterocycles. The van der Waals surface area contributed by atoms with Crippen LogP contribution in [-0.4, -0.2) is 109 Å². The first-order valence-electron chi connectivity index (χ1n) is 24.1. The topological polar surface area (TPSA) is 167 Å². The van der Waals surface area contributed by atoms with Crippen LogP contribution in [0.3, 0.4) is 0 Å². The molecule has 4 saturated carbocycles. The molecule has 0 bridgehead atoms. The standard InChI is InChI=1S/C52H72O13S3/c1-38(17-16-28-62-52(39-18-10-7-11-19-39,40-20-12-8-13-21-40)41-22-14-9-15-23-41)44-24-25-45-49-46(37-48(51(44,45)3)61-31-34-65-68(6,57)58)50(2)27-26-43(59-29-32-63-66(4,53)54)35-42(50)36-47(49)60-30-33-64-67(5,55)56/h7-15,18-23,38,43-48H,16-17,24-37H2,1-6H3. The van der Waals surface area contributed by atoms with Gasteiger partial charge in [0.2, 0.25) is 0 Å². The van der Waals surface area contributed by atoms with E-state index in [9.17, 15) is 25.3 Å². The summed E-state index contributed by atoms with van der Waals surface area (Å²) in [6.07, 6.45) is 9.80. The molecule has 9 atom stereocenters. The summed E-state index contributed by atoms with van der Waals surface area (Å²) >= 11 is 0. The monoisotopic (exact) mass is 1000 g/mol. The number of hydrogen-bond acceptors (Lipinski definition) is 13. The highest BCUT2D eigenvalue weighted by Gasteiger charge is 2.67. The molecular weight excluding hydrogens is 929 g/mol. The van der Waals surface area contributed by atoms with E-state index in [4.69, 9.17) is 31.5 Å². The van der Waals surface area contributed by atoms with Crippen LogP contribution in [0.2, 0.25) is 0 Å². The van der Waals surface area contributed by atoms with Crippen LogP contribution in [0, 0.1) is 46.3 Å². The summed E-state index contributed by atoms with van der Waals surface area (Å²) in [5.41, 5.74) is 1.83. The summed E-state index contributed by atoms with van der Waals surface area (Å²) in [7, 11) is -10.9. The van der Waals surface area contributed by atoms with Crippen LogP contribution in [0.5, 0.6) is 0 Å². The lowest BCUT2D eigenvalue weighted by molar-refractivity contribution is -0.155. The van der Waals surface area contributed by atoms with Gasteiger partial charge in [-0.3, -0.25) is 12.5 Å². The molecule has 3 aromatic carbocycles. The first kappa shape index (κ1) is 53.0. The predicted octanol–water partition coefficient (Wildman–Crippen LogP) is 8.29.